The minimum absolute atomic E-state index is 0.195. The van der Waals surface area contributed by atoms with Gasteiger partial charge in [0.05, 0.1) is 13.3 Å². The first kappa shape index (κ1) is 15.0. The van der Waals surface area contributed by atoms with Gasteiger partial charge in [0.2, 0.25) is 5.88 Å². The summed E-state index contributed by atoms with van der Waals surface area (Å²) in [5.41, 5.74) is 2.27. The van der Waals surface area contributed by atoms with Crippen LogP contribution in [0, 0.1) is 5.92 Å². The Morgan fingerprint density at radius 1 is 1.41 bits per heavy atom. The summed E-state index contributed by atoms with van der Waals surface area (Å²) >= 11 is 0. The standard InChI is InChI=1S/C16H22N4O2/c1-19-7-13(6-18-19)15-10-20(9-14(15)11-21)8-12-4-3-5-17-16(12)22-2/h3-7,14-15,21H,8-11H2,1-2H3/t14-,15-/m0/s1. The van der Waals surface area contributed by atoms with Gasteiger partial charge in [0.1, 0.15) is 0 Å². The fourth-order valence-electron chi connectivity index (χ4n) is 3.25. The summed E-state index contributed by atoms with van der Waals surface area (Å²) < 4.78 is 7.14. The molecule has 2 aromatic rings. The maximum Gasteiger partial charge on any atom is 0.217 e. The summed E-state index contributed by atoms with van der Waals surface area (Å²) in [7, 11) is 3.56. The molecule has 0 saturated carbocycles. The Balaban J connectivity index is 1.74. The second-order valence-corrected chi connectivity index (χ2v) is 5.86. The van der Waals surface area contributed by atoms with Gasteiger partial charge in [0.25, 0.3) is 0 Å². The van der Waals surface area contributed by atoms with E-state index in [1.165, 1.54) is 5.56 Å². The normalized spacial score (nSPS) is 22.1. The highest BCUT2D eigenvalue weighted by molar-refractivity contribution is 5.26. The van der Waals surface area contributed by atoms with Crippen LogP contribution in [0.4, 0.5) is 0 Å². The molecule has 3 rings (SSSR count). The Morgan fingerprint density at radius 3 is 2.95 bits per heavy atom. The molecule has 22 heavy (non-hydrogen) atoms. The molecule has 6 nitrogen and oxygen atoms in total. The van der Waals surface area contributed by atoms with Crippen LogP contribution in [-0.4, -0.2) is 51.6 Å². The number of aliphatic hydroxyl groups is 1. The molecular formula is C16H22N4O2. The topological polar surface area (TPSA) is 63.4 Å². The van der Waals surface area contributed by atoms with Crippen LogP contribution in [0.3, 0.4) is 0 Å². The highest BCUT2D eigenvalue weighted by Gasteiger charge is 2.34. The molecule has 0 radical (unpaired) electrons. The van der Waals surface area contributed by atoms with E-state index in [1.54, 1.807) is 13.3 Å². The van der Waals surface area contributed by atoms with E-state index in [1.807, 2.05) is 36.3 Å². The van der Waals surface area contributed by atoms with Gasteiger partial charge in [0, 0.05) is 63.1 Å². The third-order valence-electron chi connectivity index (χ3n) is 4.34. The zero-order valence-electron chi connectivity index (χ0n) is 13.0. The third-order valence-corrected chi connectivity index (χ3v) is 4.34. The molecule has 6 heteroatoms. The van der Waals surface area contributed by atoms with Crippen LogP contribution in [-0.2, 0) is 13.6 Å². The number of pyridine rings is 1. The lowest BCUT2D eigenvalue weighted by atomic mass is 9.92. The van der Waals surface area contributed by atoms with Gasteiger partial charge in [-0.15, -0.1) is 0 Å². The molecule has 2 atom stereocenters. The second kappa shape index (κ2) is 6.46. The summed E-state index contributed by atoms with van der Waals surface area (Å²) in [5.74, 6) is 1.24. The number of rotatable bonds is 5. The highest BCUT2D eigenvalue weighted by Crippen LogP contribution is 2.33. The van der Waals surface area contributed by atoms with Crippen molar-refractivity contribution in [2.75, 3.05) is 26.8 Å². The largest absolute Gasteiger partial charge is 0.481 e. The van der Waals surface area contributed by atoms with E-state index in [4.69, 9.17) is 4.74 Å². The van der Waals surface area contributed by atoms with Crippen molar-refractivity contribution < 1.29 is 9.84 Å². The van der Waals surface area contributed by atoms with Crippen molar-refractivity contribution >= 4 is 0 Å². The number of aromatic nitrogens is 3. The van der Waals surface area contributed by atoms with Crippen LogP contribution in [0.5, 0.6) is 5.88 Å². The summed E-state index contributed by atoms with van der Waals surface area (Å²) in [6.45, 7) is 2.76. The van der Waals surface area contributed by atoms with Crippen molar-refractivity contribution in [1.29, 1.82) is 0 Å². The Bertz CT molecular complexity index is 628. The summed E-state index contributed by atoms with van der Waals surface area (Å²) in [6, 6.07) is 3.97. The first-order valence-corrected chi connectivity index (χ1v) is 7.51. The molecule has 1 N–H and O–H groups in total. The van der Waals surface area contributed by atoms with Gasteiger partial charge in [-0.25, -0.2) is 4.98 Å². The number of aryl methyl sites for hydroxylation is 1. The summed E-state index contributed by atoms with van der Waals surface area (Å²) in [4.78, 5) is 6.59. The van der Waals surface area contributed by atoms with E-state index < -0.39 is 0 Å². The predicted molar refractivity (Wildman–Crippen MR) is 82.6 cm³/mol. The quantitative estimate of drug-likeness (QED) is 0.894. The summed E-state index contributed by atoms with van der Waals surface area (Å²) in [5, 5.41) is 14.0. The van der Waals surface area contributed by atoms with Crippen molar-refractivity contribution in [1.82, 2.24) is 19.7 Å². The lowest BCUT2D eigenvalue weighted by molar-refractivity contribution is 0.213. The molecule has 0 aliphatic carbocycles. The van der Waals surface area contributed by atoms with E-state index in [2.05, 4.69) is 15.0 Å². The minimum Gasteiger partial charge on any atom is -0.481 e. The third kappa shape index (κ3) is 2.98. The van der Waals surface area contributed by atoms with Crippen LogP contribution in [0.15, 0.2) is 30.7 Å². The number of nitrogens with zero attached hydrogens (tertiary/aromatic N) is 4. The maximum atomic E-state index is 9.70. The molecular weight excluding hydrogens is 280 g/mol. The van der Waals surface area contributed by atoms with E-state index in [0.29, 0.717) is 11.8 Å². The highest BCUT2D eigenvalue weighted by atomic mass is 16.5. The van der Waals surface area contributed by atoms with Crippen LogP contribution >= 0.6 is 0 Å². The molecule has 1 aliphatic heterocycles. The van der Waals surface area contributed by atoms with Crippen molar-refractivity contribution in [2.24, 2.45) is 13.0 Å². The lowest BCUT2D eigenvalue weighted by Crippen LogP contribution is -2.21. The van der Waals surface area contributed by atoms with Crippen LogP contribution in [0.25, 0.3) is 0 Å². The van der Waals surface area contributed by atoms with Gasteiger partial charge >= 0.3 is 0 Å². The van der Waals surface area contributed by atoms with Gasteiger partial charge in [-0.3, -0.25) is 9.58 Å². The van der Waals surface area contributed by atoms with E-state index in [0.717, 1.165) is 25.2 Å². The summed E-state index contributed by atoms with van der Waals surface area (Å²) in [6.07, 6.45) is 5.68. The average Bonchev–Trinajstić information content (AvgIpc) is 3.13. The first-order valence-electron chi connectivity index (χ1n) is 7.51. The monoisotopic (exact) mass is 302 g/mol. The van der Waals surface area contributed by atoms with Gasteiger partial charge in [-0.1, -0.05) is 6.07 Å². The molecule has 0 unspecified atom stereocenters. The second-order valence-electron chi connectivity index (χ2n) is 5.86. The Hall–Kier alpha value is -1.92. The van der Waals surface area contributed by atoms with E-state index in [9.17, 15) is 5.11 Å². The fraction of sp³-hybridized carbons (Fsp3) is 0.500. The van der Waals surface area contributed by atoms with Crippen LogP contribution < -0.4 is 4.74 Å². The zero-order chi connectivity index (χ0) is 15.5. The van der Waals surface area contributed by atoms with Crippen molar-refractivity contribution in [3.63, 3.8) is 0 Å². The molecule has 0 spiro atoms. The van der Waals surface area contributed by atoms with Crippen molar-refractivity contribution in [2.45, 2.75) is 12.5 Å². The van der Waals surface area contributed by atoms with Crippen LogP contribution in [0.1, 0.15) is 17.0 Å². The molecule has 1 fully saturated rings. The Labute approximate surface area is 130 Å². The van der Waals surface area contributed by atoms with Crippen molar-refractivity contribution in [3.05, 3.63) is 41.9 Å². The number of hydrogen-bond acceptors (Lipinski definition) is 5. The number of ether oxygens (including phenoxy) is 1. The Morgan fingerprint density at radius 2 is 2.27 bits per heavy atom. The molecule has 3 heterocycles. The van der Waals surface area contributed by atoms with Gasteiger partial charge < -0.3 is 9.84 Å². The SMILES string of the molecule is COc1ncccc1CN1C[C@@H](CO)[C@H](c2cnn(C)c2)C1. The van der Waals surface area contributed by atoms with E-state index in [-0.39, 0.29) is 12.5 Å². The van der Waals surface area contributed by atoms with Crippen LogP contribution in [0.2, 0.25) is 0 Å². The maximum absolute atomic E-state index is 9.70. The number of hydrogen-bond donors (Lipinski definition) is 1. The Kier molecular flexibility index (Phi) is 4.40. The molecule has 118 valence electrons. The number of methoxy groups -OCH3 is 1. The molecule has 1 saturated heterocycles. The van der Waals surface area contributed by atoms with Gasteiger partial charge in [0.15, 0.2) is 0 Å². The number of aliphatic hydroxyl groups excluding tert-OH is 1. The van der Waals surface area contributed by atoms with Crippen molar-refractivity contribution in [3.8, 4) is 5.88 Å². The lowest BCUT2D eigenvalue weighted by Gasteiger charge is -2.16. The minimum atomic E-state index is 0.195. The number of likely N-dealkylation sites (tertiary alicyclic amines) is 1. The van der Waals surface area contributed by atoms with E-state index >= 15 is 0 Å². The molecule has 0 amide bonds. The fourth-order valence-corrected chi connectivity index (χ4v) is 3.25. The van der Waals surface area contributed by atoms with Gasteiger partial charge in [-0.05, 0) is 11.6 Å². The molecule has 0 bridgehead atoms. The predicted octanol–water partition coefficient (Wildman–Crippen LogP) is 1.03. The smallest absolute Gasteiger partial charge is 0.217 e. The zero-order valence-corrected chi connectivity index (χ0v) is 13.0. The molecule has 1 aliphatic rings. The average molecular weight is 302 g/mol. The molecule has 2 aromatic heterocycles. The van der Waals surface area contributed by atoms with Gasteiger partial charge in [-0.2, -0.15) is 5.10 Å². The molecule has 0 aromatic carbocycles. The first-order chi connectivity index (χ1) is 10.7.